The molecule has 0 spiro atoms. The number of amides is 1. The van der Waals surface area contributed by atoms with Gasteiger partial charge in [-0.2, -0.15) is 0 Å². The monoisotopic (exact) mass is 346 g/mol. The van der Waals surface area contributed by atoms with E-state index < -0.39 is 0 Å². The molecule has 2 aromatic rings. The maximum absolute atomic E-state index is 12.2. The number of hydrogen-bond donors (Lipinski definition) is 2. The summed E-state index contributed by atoms with van der Waals surface area (Å²) in [7, 11) is 0. The fourth-order valence-electron chi connectivity index (χ4n) is 2.81. The van der Waals surface area contributed by atoms with Crippen LogP contribution in [-0.2, 0) is 0 Å². The summed E-state index contributed by atoms with van der Waals surface area (Å²) in [5.74, 6) is 0.727. The molecule has 0 aliphatic carbocycles. The third-order valence-electron chi connectivity index (χ3n) is 4.06. The van der Waals surface area contributed by atoms with Gasteiger partial charge in [0.2, 0.25) is 0 Å². The SMILES string of the molecule is O=C(NCCC1CCNC1)c1ccc2cc(Br)ccc2c1. The van der Waals surface area contributed by atoms with E-state index in [2.05, 4.69) is 32.6 Å². The zero-order valence-corrected chi connectivity index (χ0v) is 13.4. The highest BCUT2D eigenvalue weighted by atomic mass is 79.9. The molecular weight excluding hydrogens is 328 g/mol. The van der Waals surface area contributed by atoms with Crippen molar-refractivity contribution >= 4 is 32.6 Å². The number of benzene rings is 2. The summed E-state index contributed by atoms with van der Waals surface area (Å²) in [5.41, 5.74) is 0.731. The normalized spacial score (nSPS) is 18.0. The van der Waals surface area contributed by atoms with E-state index in [0.717, 1.165) is 46.9 Å². The summed E-state index contributed by atoms with van der Waals surface area (Å²) in [6.45, 7) is 2.95. The minimum absolute atomic E-state index is 0.0192. The number of halogens is 1. The highest BCUT2D eigenvalue weighted by Gasteiger charge is 2.14. The van der Waals surface area contributed by atoms with Crippen molar-refractivity contribution in [3.8, 4) is 0 Å². The van der Waals surface area contributed by atoms with Crippen LogP contribution in [0.4, 0.5) is 0 Å². The maximum atomic E-state index is 12.2. The molecule has 1 unspecified atom stereocenters. The summed E-state index contributed by atoms with van der Waals surface area (Å²) < 4.78 is 1.05. The lowest BCUT2D eigenvalue weighted by atomic mass is 10.0. The number of fused-ring (bicyclic) bond motifs is 1. The Morgan fingerprint density at radius 3 is 2.86 bits per heavy atom. The van der Waals surface area contributed by atoms with Crippen molar-refractivity contribution in [2.75, 3.05) is 19.6 Å². The van der Waals surface area contributed by atoms with Crippen LogP contribution in [0.3, 0.4) is 0 Å². The van der Waals surface area contributed by atoms with E-state index in [-0.39, 0.29) is 5.91 Å². The summed E-state index contributed by atoms with van der Waals surface area (Å²) in [6, 6.07) is 11.9. The second kappa shape index (κ2) is 6.58. The molecule has 3 rings (SSSR count). The molecule has 1 aliphatic heterocycles. The fourth-order valence-corrected chi connectivity index (χ4v) is 3.19. The van der Waals surface area contributed by atoms with E-state index >= 15 is 0 Å². The number of rotatable bonds is 4. The van der Waals surface area contributed by atoms with Crippen LogP contribution in [0.1, 0.15) is 23.2 Å². The third-order valence-corrected chi connectivity index (χ3v) is 4.56. The van der Waals surface area contributed by atoms with Crippen LogP contribution in [0.25, 0.3) is 10.8 Å². The topological polar surface area (TPSA) is 41.1 Å². The van der Waals surface area contributed by atoms with Crippen molar-refractivity contribution in [2.24, 2.45) is 5.92 Å². The largest absolute Gasteiger partial charge is 0.352 e. The lowest BCUT2D eigenvalue weighted by Gasteiger charge is -2.10. The van der Waals surface area contributed by atoms with Crippen LogP contribution < -0.4 is 10.6 Å². The van der Waals surface area contributed by atoms with Gasteiger partial charge in [-0.3, -0.25) is 4.79 Å². The Labute approximate surface area is 133 Å². The van der Waals surface area contributed by atoms with Crippen molar-refractivity contribution < 1.29 is 4.79 Å². The van der Waals surface area contributed by atoms with E-state index in [1.807, 2.05) is 30.3 Å². The Hall–Kier alpha value is -1.39. The predicted molar refractivity (Wildman–Crippen MR) is 89.6 cm³/mol. The van der Waals surface area contributed by atoms with Crippen LogP contribution in [0, 0.1) is 5.92 Å². The molecular formula is C17H19BrN2O. The van der Waals surface area contributed by atoms with Crippen molar-refractivity contribution in [1.82, 2.24) is 10.6 Å². The Balaban J connectivity index is 1.62. The average molecular weight is 347 g/mol. The van der Waals surface area contributed by atoms with Crippen LogP contribution in [0.15, 0.2) is 40.9 Å². The summed E-state index contributed by atoms with van der Waals surface area (Å²) in [4.78, 5) is 12.2. The van der Waals surface area contributed by atoms with Gasteiger partial charge in [0.05, 0.1) is 0 Å². The van der Waals surface area contributed by atoms with Crippen LogP contribution in [-0.4, -0.2) is 25.5 Å². The summed E-state index contributed by atoms with van der Waals surface area (Å²) in [5, 5.41) is 8.60. The first-order chi connectivity index (χ1) is 10.2. The molecule has 1 aliphatic rings. The second-order valence-electron chi connectivity index (χ2n) is 5.61. The number of nitrogens with one attached hydrogen (secondary N) is 2. The highest BCUT2D eigenvalue weighted by molar-refractivity contribution is 9.10. The molecule has 0 saturated carbocycles. The molecule has 21 heavy (non-hydrogen) atoms. The van der Waals surface area contributed by atoms with Gasteiger partial charge in [-0.1, -0.05) is 28.1 Å². The molecule has 2 aromatic carbocycles. The standard InChI is InChI=1S/C17H19BrN2O/c18-16-4-3-13-9-15(2-1-14(13)10-16)17(21)20-8-6-12-5-7-19-11-12/h1-4,9-10,12,19H,5-8,11H2,(H,20,21). The van der Waals surface area contributed by atoms with Gasteiger partial charge in [-0.25, -0.2) is 0 Å². The first-order valence-electron chi connectivity index (χ1n) is 7.40. The molecule has 1 amide bonds. The van der Waals surface area contributed by atoms with E-state index in [4.69, 9.17) is 0 Å². The van der Waals surface area contributed by atoms with Gasteiger partial charge in [-0.15, -0.1) is 0 Å². The molecule has 0 bridgehead atoms. The van der Waals surface area contributed by atoms with E-state index in [9.17, 15) is 4.79 Å². The van der Waals surface area contributed by atoms with Crippen molar-refractivity contribution in [2.45, 2.75) is 12.8 Å². The molecule has 1 atom stereocenters. The van der Waals surface area contributed by atoms with Crippen LogP contribution >= 0.6 is 15.9 Å². The predicted octanol–water partition coefficient (Wildman–Crippen LogP) is 3.33. The molecule has 1 fully saturated rings. The summed E-state index contributed by atoms with van der Waals surface area (Å²) >= 11 is 3.46. The Morgan fingerprint density at radius 1 is 1.24 bits per heavy atom. The Kier molecular flexibility index (Phi) is 4.56. The van der Waals surface area contributed by atoms with Gasteiger partial charge in [0.1, 0.15) is 0 Å². The molecule has 110 valence electrons. The highest BCUT2D eigenvalue weighted by Crippen LogP contribution is 2.21. The average Bonchev–Trinajstić information content (AvgIpc) is 3.00. The number of carbonyl (C=O) groups excluding carboxylic acids is 1. The smallest absolute Gasteiger partial charge is 0.251 e. The van der Waals surface area contributed by atoms with Gasteiger partial charge in [0.25, 0.3) is 5.91 Å². The number of carbonyl (C=O) groups is 1. The molecule has 0 radical (unpaired) electrons. The maximum Gasteiger partial charge on any atom is 0.251 e. The Bertz CT molecular complexity index is 650. The zero-order valence-electron chi connectivity index (χ0n) is 11.9. The van der Waals surface area contributed by atoms with E-state index in [0.29, 0.717) is 5.92 Å². The van der Waals surface area contributed by atoms with Gasteiger partial charge in [-0.05, 0) is 66.9 Å². The number of hydrogen-bond acceptors (Lipinski definition) is 2. The quantitative estimate of drug-likeness (QED) is 0.891. The fraction of sp³-hybridized carbons (Fsp3) is 0.353. The van der Waals surface area contributed by atoms with Crippen LogP contribution in [0.5, 0.6) is 0 Å². The lowest BCUT2D eigenvalue weighted by Crippen LogP contribution is -2.26. The first kappa shape index (κ1) is 14.5. The van der Waals surface area contributed by atoms with E-state index in [1.165, 1.54) is 6.42 Å². The van der Waals surface area contributed by atoms with Gasteiger partial charge in [0.15, 0.2) is 0 Å². The minimum Gasteiger partial charge on any atom is -0.352 e. The van der Waals surface area contributed by atoms with Crippen molar-refractivity contribution in [3.05, 3.63) is 46.4 Å². The molecule has 1 saturated heterocycles. The molecule has 3 nitrogen and oxygen atoms in total. The third kappa shape index (κ3) is 3.63. The lowest BCUT2D eigenvalue weighted by molar-refractivity contribution is 0.0952. The van der Waals surface area contributed by atoms with Crippen molar-refractivity contribution in [3.63, 3.8) is 0 Å². The Morgan fingerprint density at radius 2 is 2.05 bits per heavy atom. The molecule has 0 aromatic heterocycles. The zero-order chi connectivity index (χ0) is 14.7. The van der Waals surface area contributed by atoms with Gasteiger partial charge >= 0.3 is 0 Å². The minimum atomic E-state index is 0.0192. The molecule has 1 heterocycles. The molecule has 4 heteroatoms. The van der Waals surface area contributed by atoms with Crippen molar-refractivity contribution in [1.29, 1.82) is 0 Å². The molecule has 2 N–H and O–H groups in total. The van der Waals surface area contributed by atoms with Gasteiger partial charge in [0, 0.05) is 16.6 Å². The summed E-state index contributed by atoms with van der Waals surface area (Å²) in [6.07, 6.45) is 2.28. The van der Waals surface area contributed by atoms with Crippen LogP contribution in [0.2, 0.25) is 0 Å². The van der Waals surface area contributed by atoms with Gasteiger partial charge < -0.3 is 10.6 Å². The first-order valence-corrected chi connectivity index (χ1v) is 8.20. The second-order valence-corrected chi connectivity index (χ2v) is 6.53. The van der Waals surface area contributed by atoms with E-state index in [1.54, 1.807) is 0 Å².